The van der Waals surface area contributed by atoms with Crippen LogP contribution in [0.25, 0.3) is 0 Å². The number of nitrogens with zero attached hydrogens (tertiary/aromatic N) is 1. The zero-order chi connectivity index (χ0) is 8.27. The number of carbonyl (C=O) groups is 1. The van der Waals surface area contributed by atoms with Crippen LogP contribution in [0.15, 0.2) is 18.2 Å². The van der Waals surface area contributed by atoms with Crippen molar-refractivity contribution in [3.05, 3.63) is 35.1 Å². The minimum atomic E-state index is -0.598. The molecule has 0 atom stereocenters. The molecule has 3 heteroatoms. The summed E-state index contributed by atoms with van der Waals surface area (Å²) in [5, 5.41) is 8.36. The molecule has 0 aromatic heterocycles. The zero-order valence-corrected chi connectivity index (χ0v) is 5.54. The number of nitriles is 1. The van der Waals surface area contributed by atoms with Gasteiger partial charge in [-0.25, -0.2) is 4.39 Å². The molecule has 0 aliphatic heterocycles. The summed E-state index contributed by atoms with van der Waals surface area (Å²) in [4.78, 5) is 10.1. The second-order valence-corrected chi connectivity index (χ2v) is 1.97. The van der Waals surface area contributed by atoms with Crippen molar-refractivity contribution in [2.45, 2.75) is 0 Å². The van der Waals surface area contributed by atoms with Gasteiger partial charge in [0.2, 0.25) is 0 Å². The van der Waals surface area contributed by atoms with Crippen molar-refractivity contribution in [3.63, 3.8) is 0 Å². The molecule has 11 heavy (non-hydrogen) atoms. The first-order chi connectivity index (χ1) is 5.27. The fraction of sp³-hybridized carbons (Fsp3) is 0. The Morgan fingerprint density at radius 1 is 1.55 bits per heavy atom. The Bertz CT molecular complexity index is 327. The number of carbonyl (C=O) groups excluding carboxylic acids is 1. The van der Waals surface area contributed by atoms with Gasteiger partial charge in [-0.15, -0.1) is 0 Å². The molecule has 0 saturated heterocycles. The average Bonchev–Trinajstić information content (AvgIpc) is 2.05. The van der Waals surface area contributed by atoms with E-state index in [0.717, 1.165) is 6.07 Å². The van der Waals surface area contributed by atoms with E-state index in [0.29, 0.717) is 6.29 Å². The maximum absolute atomic E-state index is 12.6. The molecule has 0 aliphatic rings. The molecule has 54 valence electrons. The predicted molar refractivity (Wildman–Crippen MR) is 36.5 cm³/mol. The lowest BCUT2D eigenvalue weighted by Gasteiger charge is -1.92. The minimum Gasteiger partial charge on any atom is -0.298 e. The fourth-order valence-corrected chi connectivity index (χ4v) is 0.704. The SMILES string of the molecule is N#Cc1ccc(F)c(C=O)c1. The first-order valence-electron chi connectivity index (χ1n) is 2.93. The number of rotatable bonds is 1. The molecule has 0 heterocycles. The van der Waals surface area contributed by atoms with E-state index in [1.807, 2.05) is 0 Å². The van der Waals surface area contributed by atoms with Gasteiger partial charge >= 0.3 is 0 Å². The van der Waals surface area contributed by atoms with E-state index >= 15 is 0 Å². The molecular formula is C8H4FNO. The molecule has 0 bridgehead atoms. The molecule has 0 radical (unpaired) electrons. The molecule has 0 amide bonds. The number of hydrogen-bond donors (Lipinski definition) is 0. The lowest BCUT2D eigenvalue weighted by molar-refractivity contribution is 0.112. The number of halogens is 1. The number of aldehydes is 1. The summed E-state index contributed by atoms with van der Waals surface area (Å²) in [6.45, 7) is 0. The highest BCUT2D eigenvalue weighted by Crippen LogP contribution is 2.06. The van der Waals surface area contributed by atoms with Crippen molar-refractivity contribution >= 4 is 6.29 Å². The standard InChI is InChI=1S/C8H4FNO/c9-8-2-1-6(4-10)3-7(8)5-11/h1-3,5H. The van der Waals surface area contributed by atoms with Crippen molar-refractivity contribution in [2.75, 3.05) is 0 Å². The van der Waals surface area contributed by atoms with Crippen LogP contribution < -0.4 is 0 Å². The van der Waals surface area contributed by atoms with Gasteiger partial charge in [0.05, 0.1) is 17.2 Å². The van der Waals surface area contributed by atoms with Gasteiger partial charge in [-0.1, -0.05) is 0 Å². The highest BCUT2D eigenvalue weighted by molar-refractivity contribution is 5.75. The molecule has 0 fully saturated rings. The first-order valence-corrected chi connectivity index (χ1v) is 2.93. The Morgan fingerprint density at radius 2 is 2.27 bits per heavy atom. The monoisotopic (exact) mass is 149 g/mol. The largest absolute Gasteiger partial charge is 0.298 e. The van der Waals surface area contributed by atoms with Gasteiger partial charge in [-0.3, -0.25) is 4.79 Å². The van der Waals surface area contributed by atoms with Crippen LogP contribution in [0.3, 0.4) is 0 Å². The Kier molecular flexibility index (Phi) is 1.98. The van der Waals surface area contributed by atoms with Crippen LogP contribution in [-0.2, 0) is 0 Å². The Labute approximate surface area is 62.9 Å². The second-order valence-electron chi connectivity index (χ2n) is 1.97. The lowest BCUT2D eigenvalue weighted by Crippen LogP contribution is -1.87. The van der Waals surface area contributed by atoms with Gasteiger partial charge in [-0.05, 0) is 18.2 Å². The van der Waals surface area contributed by atoms with Crippen LogP contribution in [0, 0.1) is 17.1 Å². The van der Waals surface area contributed by atoms with Gasteiger partial charge in [0, 0.05) is 0 Å². The smallest absolute Gasteiger partial charge is 0.153 e. The Balaban J connectivity index is 3.25. The maximum atomic E-state index is 12.6. The van der Waals surface area contributed by atoms with Crippen LogP contribution >= 0.6 is 0 Å². The molecular weight excluding hydrogens is 145 g/mol. The van der Waals surface area contributed by atoms with Crippen LogP contribution in [0.4, 0.5) is 4.39 Å². The highest BCUT2D eigenvalue weighted by Gasteiger charge is 2.00. The summed E-state index contributed by atoms with van der Waals surface area (Å²) in [5.74, 6) is -0.598. The zero-order valence-electron chi connectivity index (χ0n) is 5.54. The normalized spacial score (nSPS) is 8.73. The molecule has 0 N–H and O–H groups in total. The topological polar surface area (TPSA) is 40.9 Å². The van der Waals surface area contributed by atoms with Crippen LogP contribution in [0.2, 0.25) is 0 Å². The van der Waals surface area contributed by atoms with Crippen molar-refractivity contribution in [2.24, 2.45) is 0 Å². The Morgan fingerprint density at radius 3 is 2.82 bits per heavy atom. The van der Waals surface area contributed by atoms with Crippen molar-refractivity contribution in [1.29, 1.82) is 5.26 Å². The summed E-state index contributed by atoms with van der Waals surface area (Å²) in [6, 6.07) is 5.44. The highest BCUT2D eigenvalue weighted by atomic mass is 19.1. The molecule has 0 saturated carbocycles. The summed E-state index contributed by atoms with van der Waals surface area (Å²) < 4.78 is 12.6. The first kappa shape index (κ1) is 7.42. The van der Waals surface area contributed by atoms with Crippen LogP contribution in [0.1, 0.15) is 15.9 Å². The summed E-state index contributed by atoms with van der Waals surface area (Å²) in [5.41, 5.74) is 0.206. The van der Waals surface area contributed by atoms with Crippen molar-refractivity contribution in [3.8, 4) is 6.07 Å². The van der Waals surface area contributed by atoms with E-state index in [-0.39, 0.29) is 11.1 Å². The fourth-order valence-electron chi connectivity index (χ4n) is 0.704. The summed E-state index contributed by atoms with van der Waals surface area (Å²) in [6.07, 6.45) is 0.385. The molecule has 0 spiro atoms. The van der Waals surface area contributed by atoms with E-state index < -0.39 is 5.82 Å². The van der Waals surface area contributed by atoms with E-state index in [2.05, 4.69) is 0 Å². The van der Waals surface area contributed by atoms with Gasteiger partial charge in [0.15, 0.2) is 6.29 Å². The molecule has 0 aliphatic carbocycles. The molecule has 1 aromatic rings. The van der Waals surface area contributed by atoms with Gasteiger partial charge in [0.1, 0.15) is 5.82 Å². The third-order valence-corrected chi connectivity index (χ3v) is 1.25. The number of hydrogen-bond acceptors (Lipinski definition) is 2. The van der Waals surface area contributed by atoms with Crippen molar-refractivity contribution in [1.82, 2.24) is 0 Å². The predicted octanol–water partition coefficient (Wildman–Crippen LogP) is 1.51. The number of benzene rings is 1. The average molecular weight is 149 g/mol. The van der Waals surface area contributed by atoms with Gasteiger partial charge in [0.25, 0.3) is 0 Å². The Hall–Kier alpha value is -1.69. The minimum absolute atomic E-state index is 0.0796. The molecule has 2 nitrogen and oxygen atoms in total. The summed E-state index contributed by atoms with van der Waals surface area (Å²) >= 11 is 0. The third kappa shape index (κ3) is 1.41. The van der Waals surface area contributed by atoms with E-state index in [1.165, 1.54) is 12.1 Å². The van der Waals surface area contributed by atoms with Crippen molar-refractivity contribution < 1.29 is 9.18 Å². The van der Waals surface area contributed by atoms with E-state index in [4.69, 9.17) is 5.26 Å². The van der Waals surface area contributed by atoms with E-state index in [1.54, 1.807) is 6.07 Å². The van der Waals surface area contributed by atoms with Gasteiger partial charge < -0.3 is 0 Å². The van der Waals surface area contributed by atoms with Gasteiger partial charge in [-0.2, -0.15) is 5.26 Å². The molecule has 1 aromatic carbocycles. The lowest BCUT2D eigenvalue weighted by atomic mass is 10.1. The molecule has 1 rings (SSSR count). The molecule has 0 unspecified atom stereocenters. The van der Waals surface area contributed by atoms with E-state index in [9.17, 15) is 9.18 Å². The second kappa shape index (κ2) is 2.93. The summed E-state index contributed by atoms with van der Waals surface area (Å²) in [7, 11) is 0. The van der Waals surface area contributed by atoms with Crippen LogP contribution in [0.5, 0.6) is 0 Å². The van der Waals surface area contributed by atoms with Crippen LogP contribution in [-0.4, -0.2) is 6.29 Å². The maximum Gasteiger partial charge on any atom is 0.153 e. The quantitative estimate of drug-likeness (QED) is 0.568. The third-order valence-electron chi connectivity index (χ3n) is 1.25.